The van der Waals surface area contributed by atoms with E-state index in [1.165, 1.54) is 0 Å². The van der Waals surface area contributed by atoms with Crippen LogP contribution in [0, 0.1) is 0 Å². The highest BCUT2D eigenvalue weighted by molar-refractivity contribution is 6.41. The maximum Gasteiger partial charge on any atom is 0.290 e. The van der Waals surface area contributed by atoms with Crippen molar-refractivity contribution in [2.75, 3.05) is 0 Å². The van der Waals surface area contributed by atoms with E-state index in [1.54, 1.807) is 0 Å². The Kier molecular flexibility index (Phi) is 1.31. The van der Waals surface area contributed by atoms with Gasteiger partial charge >= 0.3 is 0 Å². The number of rotatable bonds is 0. The highest BCUT2D eigenvalue weighted by atomic mass is 35.5. The number of hydrogen-bond donors (Lipinski definition) is 0. The van der Waals surface area contributed by atoms with Crippen molar-refractivity contribution >= 4 is 21.8 Å². The topological polar surface area (TPSA) is 0 Å². The summed E-state index contributed by atoms with van der Waals surface area (Å²) in [5.74, 6) is 0. The number of halogens is 3. The SMILES string of the molecule is FC(F)([SiH2])Cl. The van der Waals surface area contributed by atoms with E-state index < -0.39 is 5.00 Å². The summed E-state index contributed by atoms with van der Waals surface area (Å²) in [4.78, 5) is 0. The molecule has 0 fully saturated rings. The molecule has 0 aliphatic rings. The lowest BCUT2D eigenvalue weighted by molar-refractivity contribution is 0.193. The molecule has 0 rings (SSSR count). The summed E-state index contributed by atoms with van der Waals surface area (Å²) in [5, 5.41) is -3.00. The van der Waals surface area contributed by atoms with Crippen molar-refractivity contribution in [1.82, 2.24) is 0 Å². The average molecular weight is 116 g/mol. The third-order valence-electron chi connectivity index (χ3n) is 0. The van der Waals surface area contributed by atoms with E-state index in [0.29, 0.717) is 10.2 Å². The zero-order chi connectivity index (χ0) is 4.50. The summed E-state index contributed by atoms with van der Waals surface area (Å²) in [6, 6.07) is 0. The van der Waals surface area contributed by atoms with Crippen LogP contribution in [0.5, 0.6) is 0 Å². The molecule has 0 N–H and O–H groups in total. The highest BCUT2D eigenvalue weighted by Gasteiger charge is 2.12. The maximum absolute atomic E-state index is 10.8. The summed E-state index contributed by atoms with van der Waals surface area (Å²) in [7, 11) is 0.444. The molecule has 5 heavy (non-hydrogen) atoms. The van der Waals surface area contributed by atoms with Gasteiger partial charge in [-0.1, -0.05) is 11.6 Å². The van der Waals surface area contributed by atoms with Crippen LogP contribution in [0.15, 0.2) is 0 Å². The molecular weight excluding hydrogens is 114 g/mol. The van der Waals surface area contributed by atoms with Crippen molar-refractivity contribution in [3.63, 3.8) is 0 Å². The summed E-state index contributed by atoms with van der Waals surface area (Å²) in [5.41, 5.74) is 0. The Morgan fingerprint density at radius 3 is 1.60 bits per heavy atom. The maximum atomic E-state index is 10.8. The van der Waals surface area contributed by atoms with Gasteiger partial charge in [0.15, 0.2) is 0 Å². The lowest BCUT2D eigenvalue weighted by Gasteiger charge is -1.91. The number of hydrogen-bond acceptors (Lipinski definition) is 0. The summed E-state index contributed by atoms with van der Waals surface area (Å²) in [6.45, 7) is 0. The van der Waals surface area contributed by atoms with E-state index in [0.717, 1.165) is 0 Å². The Morgan fingerprint density at radius 1 is 1.60 bits per heavy atom. The molecule has 0 aromatic rings. The van der Waals surface area contributed by atoms with Crippen LogP contribution >= 0.6 is 11.6 Å². The molecule has 0 unspecified atom stereocenters. The summed E-state index contributed by atoms with van der Waals surface area (Å²) in [6.07, 6.45) is 0. The molecule has 4 heteroatoms. The Labute approximate surface area is 36.5 Å². The van der Waals surface area contributed by atoms with Crippen LogP contribution in [0.2, 0.25) is 0 Å². The monoisotopic (exact) mass is 115 g/mol. The fraction of sp³-hybridized carbons (Fsp3) is 1.00. The van der Waals surface area contributed by atoms with Gasteiger partial charge in [-0.25, -0.2) is 0 Å². The molecule has 1 radical (unpaired) electrons. The van der Waals surface area contributed by atoms with Crippen molar-refractivity contribution in [2.45, 2.75) is 5.00 Å². The molecule has 0 aliphatic carbocycles. The van der Waals surface area contributed by atoms with Crippen molar-refractivity contribution in [2.24, 2.45) is 0 Å². The predicted molar refractivity (Wildman–Crippen MR) is 19.3 cm³/mol. The quantitative estimate of drug-likeness (QED) is 0.317. The minimum Gasteiger partial charge on any atom is -0.195 e. The molecule has 31 valence electrons. The van der Waals surface area contributed by atoms with Crippen LogP contribution < -0.4 is 0 Å². The molecule has 0 aromatic heterocycles. The molecule has 0 spiro atoms. The minimum atomic E-state index is -3.00. The largest absolute Gasteiger partial charge is 0.290 e. The lowest BCUT2D eigenvalue weighted by atomic mass is 11.6. The van der Waals surface area contributed by atoms with Crippen LogP contribution in [0.1, 0.15) is 0 Å². The molecule has 0 bridgehead atoms. The van der Waals surface area contributed by atoms with Gasteiger partial charge in [0.25, 0.3) is 5.00 Å². The fourth-order valence-corrected chi connectivity index (χ4v) is 0. The summed E-state index contributed by atoms with van der Waals surface area (Å²) >= 11 is 4.21. The second-order valence-electron chi connectivity index (χ2n) is 0.615. The first kappa shape index (κ1) is 5.37. The van der Waals surface area contributed by atoms with Crippen molar-refractivity contribution in [1.29, 1.82) is 0 Å². The fourth-order valence-electron chi connectivity index (χ4n) is 0. The van der Waals surface area contributed by atoms with Gasteiger partial charge in [-0.15, -0.1) is 0 Å². The first-order valence-electron chi connectivity index (χ1n) is 0.921. The molecule has 0 aliphatic heterocycles. The van der Waals surface area contributed by atoms with E-state index in [2.05, 4.69) is 11.6 Å². The first-order chi connectivity index (χ1) is 2.00. The van der Waals surface area contributed by atoms with Gasteiger partial charge < -0.3 is 0 Å². The molecule has 0 atom stereocenters. The van der Waals surface area contributed by atoms with Crippen molar-refractivity contribution < 1.29 is 8.78 Å². The van der Waals surface area contributed by atoms with Crippen LogP contribution in [0.4, 0.5) is 8.78 Å². The molecule has 0 heterocycles. The van der Waals surface area contributed by atoms with Crippen LogP contribution in [-0.4, -0.2) is 15.2 Å². The Bertz CT molecular complexity index is 25.1. The van der Waals surface area contributed by atoms with E-state index in [4.69, 9.17) is 0 Å². The molecular formula is CH2ClF2Si. The van der Waals surface area contributed by atoms with Gasteiger partial charge in [0.05, 0.1) is 0 Å². The molecule has 0 amide bonds. The molecule has 0 saturated carbocycles. The average Bonchev–Trinajstić information content (AvgIpc) is 0.722. The zero-order valence-electron chi connectivity index (χ0n) is 2.34. The lowest BCUT2D eigenvalue weighted by Crippen LogP contribution is -2.01. The standard InChI is InChI=1S/CH2ClF2Si/c2-1(3,4)5/h5H2. The Balaban J connectivity index is 3.02. The molecule has 0 aromatic carbocycles. The van der Waals surface area contributed by atoms with Gasteiger partial charge in [0, 0.05) is 0 Å². The second kappa shape index (κ2) is 1.22. The van der Waals surface area contributed by atoms with E-state index in [1.807, 2.05) is 0 Å². The van der Waals surface area contributed by atoms with Gasteiger partial charge in [0.2, 0.25) is 0 Å². The van der Waals surface area contributed by atoms with E-state index >= 15 is 0 Å². The van der Waals surface area contributed by atoms with Gasteiger partial charge in [-0.05, 0) is 0 Å². The molecule has 0 saturated heterocycles. The third-order valence-corrected chi connectivity index (χ3v) is 0. The Hall–Kier alpha value is 0.367. The minimum absolute atomic E-state index is 0.444. The van der Waals surface area contributed by atoms with Crippen LogP contribution in [-0.2, 0) is 0 Å². The van der Waals surface area contributed by atoms with Crippen molar-refractivity contribution in [3.05, 3.63) is 0 Å². The van der Waals surface area contributed by atoms with E-state index in [-0.39, 0.29) is 0 Å². The highest BCUT2D eigenvalue weighted by Crippen LogP contribution is 2.10. The van der Waals surface area contributed by atoms with Gasteiger partial charge in [-0.2, -0.15) is 8.78 Å². The predicted octanol–water partition coefficient (Wildman–Crippen LogP) is 0.409. The van der Waals surface area contributed by atoms with Crippen LogP contribution in [0.25, 0.3) is 0 Å². The van der Waals surface area contributed by atoms with Gasteiger partial charge in [-0.3, -0.25) is 0 Å². The van der Waals surface area contributed by atoms with E-state index in [9.17, 15) is 8.78 Å². The van der Waals surface area contributed by atoms with Gasteiger partial charge in [0.1, 0.15) is 10.2 Å². The number of alkyl halides is 3. The first-order valence-corrected chi connectivity index (χ1v) is 2.01. The van der Waals surface area contributed by atoms with Crippen molar-refractivity contribution in [3.8, 4) is 0 Å². The summed E-state index contributed by atoms with van der Waals surface area (Å²) < 4.78 is 21.6. The third kappa shape index (κ3) is 182. The zero-order valence-corrected chi connectivity index (χ0v) is 4.51. The van der Waals surface area contributed by atoms with Crippen LogP contribution in [0.3, 0.4) is 0 Å². The smallest absolute Gasteiger partial charge is 0.195 e. The molecule has 0 nitrogen and oxygen atoms in total. The Morgan fingerprint density at radius 2 is 1.60 bits per heavy atom. The normalized spacial score (nSPS) is 12.0. The second-order valence-corrected chi connectivity index (χ2v) is 2.50.